The maximum atomic E-state index is 13.1. The number of methoxy groups -OCH3 is 1. The van der Waals surface area contributed by atoms with Crippen molar-refractivity contribution in [3.8, 4) is 17.2 Å². The van der Waals surface area contributed by atoms with E-state index in [0.717, 1.165) is 31.2 Å². The molecule has 1 amide bonds. The molecule has 2 aliphatic heterocycles. The lowest BCUT2D eigenvalue weighted by Gasteiger charge is -2.31. The average Bonchev–Trinajstić information content (AvgIpc) is 2.93. The highest BCUT2D eigenvalue weighted by molar-refractivity contribution is 5.89. The SMILES string of the molecule is CCN1C(=O)C2(CCCCC2)NC1c1cc(OC)c2c(c1)OCCO2. The number of hydrogen-bond acceptors (Lipinski definition) is 5. The summed E-state index contributed by atoms with van der Waals surface area (Å²) in [5, 5.41) is 3.66. The lowest BCUT2D eigenvalue weighted by atomic mass is 9.81. The highest BCUT2D eigenvalue weighted by Crippen LogP contribution is 2.45. The van der Waals surface area contributed by atoms with Crippen molar-refractivity contribution in [1.82, 2.24) is 10.2 Å². The Bertz CT molecular complexity index is 652. The Labute approximate surface area is 148 Å². The first-order valence-corrected chi connectivity index (χ1v) is 9.25. The molecule has 1 aromatic rings. The first-order chi connectivity index (χ1) is 12.2. The maximum absolute atomic E-state index is 13.1. The molecule has 1 atom stereocenters. The number of carbonyl (C=O) groups excluding carboxylic acids is 1. The molecule has 3 aliphatic rings. The van der Waals surface area contributed by atoms with Crippen LogP contribution >= 0.6 is 0 Å². The lowest BCUT2D eigenvalue weighted by Crippen LogP contribution is -2.48. The number of carbonyl (C=O) groups is 1. The minimum atomic E-state index is -0.403. The van der Waals surface area contributed by atoms with Gasteiger partial charge in [0.15, 0.2) is 11.5 Å². The van der Waals surface area contributed by atoms with Crippen LogP contribution in [-0.4, -0.2) is 43.2 Å². The number of amides is 1. The van der Waals surface area contributed by atoms with Crippen LogP contribution in [0.15, 0.2) is 12.1 Å². The van der Waals surface area contributed by atoms with Crippen LogP contribution in [0.3, 0.4) is 0 Å². The fourth-order valence-corrected chi connectivity index (χ4v) is 4.35. The standard InChI is InChI=1S/C19H26N2O4/c1-3-21-17(20-19(18(21)22)7-5-4-6-8-19)13-11-14(23-2)16-15(12-13)24-9-10-25-16/h11-12,17,20H,3-10H2,1-2H3. The number of nitrogens with zero attached hydrogens (tertiary/aromatic N) is 1. The van der Waals surface area contributed by atoms with Crippen molar-refractivity contribution in [3.63, 3.8) is 0 Å². The molecule has 6 heteroatoms. The minimum absolute atomic E-state index is 0.152. The number of nitrogens with one attached hydrogen (secondary N) is 1. The molecule has 4 rings (SSSR count). The normalized spacial score (nSPS) is 24.6. The molecule has 1 saturated carbocycles. The van der Waals surface area contributed by atoms with Crippen LogP contribution in [0.4, 0.5) is 0 Å². The predicted molar refractivity (Wildman–Crippen MR) is 93.1 cm³/mol. The van der Waals surface area contributed by atoms with Gasteiger partial charge in [-0.2, -0.15) is 0 Å². The van der Waals surface area contributed by atoms with E-state index in [0.29, 0.717) is 37.0 Å². The molecule has 1 spiro atoms. The summed E-state index contributed by atoms with van der Waals surface area (Å²) in [5.74, 6) is 2.23. The third-order valence-electron chi connectivity index (χ3n) is 5.61. The van der Waals surface area contributed by atoms with Gasteiger partial charge in [0.1, 0.15) is 19.4 Å². The zero-order chi connectivity index (χ0) is 17.4. The van der Waals surface area contributed by atoms with Gasteiger partial charge < -0.3 is 19.1 Å². The lowest BCUT2D eigenvalue weighted by molar-refractivity contribution is -0.134. The van der Waals surface area contributed by atoms with Crippen molar-refractivity contribution in [2.45, 2.75) is 50.7 Å². The number of rotatable bonds is 3. The van der Waals surface area contributed by atoms with Gasteiger partial charge in [-0.1, -0.05) is 19.3 Å². The molecule has 2 fully saturated rings. The Balaban J connectivity index is 1.72. The van der Waals surface area contributed by atoms with Gasteiger partial charge in [0.05, 0.1) is 12.6 Å². The third-order valence-corrected chi connectivity index (χ3v) is 5.61. The third kappa shape index (κ3) is 2.63. The number of fused-ring (bicyclic) bond motifs is 1. The summed E-state index contributed by atoms with van der Waals surface area (Å²) in [7, 11) is 1.63. The molecule has 1 aliphatic carbocycles. The predicted octanol–water partition coefficient (Wildman–Crippen LogP) is 2.62. The van der Waals surface area contributed by atoms with Gasteiger partial charge in [-0.05, 0) is 37.5 Å². The van der Waals surface area contributed by atoms with Crippen molar-refractivity contribution < 1.29 is 19.0 Å². The van der Waals surface area contributed by atoms with Crippen molar-refractivity contribution in [2.75, 3.05) is 26.9 Å². The number of benzene rings is 1. The van der Waals surface area contributed by atoms with Crippen LogP contribution in [-0.2, 0) is 4.79 Å². The van der Waals surface area contributed by atoms with E-state index in [1.54, 1.807) is 7.11 Å². The average molecular weight is 346 g/mol. The number of ether oxygens (including phenoxy) is 3. The minimum Gasteiger partial charge on any atom is -0.493 e. The van der Waals surface area contributed by atoms with Crippen LogP contribution < -0.4 is 19.5 Å². The Morgan fingerprint density at radius 3 is 2.72 bits per heavy atom. The molecule has 136 valence electrons. The summed E-state index contributed by atoms with van der Waals surface area (Å²) in [6, 6.07) is 3.94. The summed E-state index contributed by atoms with van der Waals surface area (Å²) >= 11 is 0. The maximum Gasteiger partial charge on any atom is 0.244 e. The summed E-state index contributed by atoms with van der Waals surface area (Å²) in [5.41, 5.74) is 0.582. The quantitative estimate of drug-likeness (QED) is 0.912. The van der Waals surface area contributed by atoms with E-state index >= 15 is 0 Å². The molecule has 0 radical (unpaired) electrons. The number of hydrogen-bond donors (Lipinski definition) is 1. The molecule has 0 bridgehead atoms. The smallest absolute Gasteiger partial charge is 0.244 e. The van der Waals surface area contributed by atoms with E-state index in [1.165, 1.54) is 6.42 Å². The van der Waals surface area contributed by atoms with E-state index < -0.39 is 5.54 Å². The summed E-state index contributed by atoms with van der Waals surface area (Å²) in [4.78, 5) is 15.1. The van der Waals surface area contributed by atoms with E-state index in [-0.39, 0.29) is 12.1 Å². The Hall–Kier alpha value is -1.95. The molecule has 2 heterocycles. The zero-order valence-electron chi connectivity index (χ0n) is 15.0. The molecule has 1 unspecified atom stereocenters. The molecular weight excluding hydrogens is 320 g/mol. The highest BCUT2D eigenvalue weighted by atomic mass is 16.6. The fraction of sp³-hybridized carbons (Fsp3) is 0.632. The van der Waals surface area contributed by atoms with Gasteiger partial charge in [0, 0.05) is 6.54 Å². The fourth-order valence-electron chi connectivity index (χ4n) is 4.35. The van der Waals surface area contributed by atoms with Crippen LogP contribution in [0, 0.1) is 0 Å². The first-order valence-electron chi connectivity index (χ1n) is 9.25. The van der Waals surface area contributed by atoms with E-state index in [4.69, 9.17) is 14.2 Å². The topological polar surface area (TPSA) is 60.0 Å². The van der Waals surface area contributed by atoms with Gasteiger partial charge in [-0.25, -0.2) is 0 Å². The Morgan fingerprint density at radius 1 is 1.24 bits per heavy atom. The van der Waals surface area contributed by atoms with Crippen LogP contribution in [0.1, 0.15) is 50.8 Å². The van der Waals surface area contributed by atoms with Gasteiger partial charge in [0.25, 0.3) is 0 Å². The second kappa shape index (κ2) is 6.41. The summed E-state index contributed by atoms with van der Waals surface area (Å²) in [6.07, 6.45) is 5.10. The molecule has 6 nitrogen and oxygen atoms in total. The van der Waals surface area contributed by atoms with Gasteiger partial charge in [-0.3, -0.25) is 10.1 Å². The van der Waals surface area contributed by atoms with Crippen LogP contribution in [0.2, 0.25) is 0 Å². The Morgan fingerprint density at radius 2 is 2.00 bits per heavy atom. The van der Waals surface area contributed by atoms with Gasteiger partial charge in [0.2, 0.25) is 11.7 Å². The largest absolute Gasteiger partial charge is 0.493 e. The van der Waals surface area contributed by atoms with Crippen LogP contribution in [0.25, 0.3) is 0 Å². The molecule has 25 heavy (non-hydrogen) atoms. The second-order valence-corrected chi connectivity index (χ2v) is 7.03. The number of likely N-dealkylation sites (N-methyl/N-ethyl adjacent to an activating group) is 1. The molecule has 1 saturated heterocycles. The molecule has 0 aromatic heterocycles. The molecular formula is C19H26N2O4. The van der Waals surface area contributed by atoms with Crippen LogP contribution in [0.5, 0.6) is 17.2 Å². The van der Waals surface area contributed by atoms with Crippen molar-refractivity contribution in [3.05, 3.63) is 17.7 Å². The Kier molecular flexibility index (Phi) is 4.23. The van der Waals surface area contributed by atoms with Gasteiger partial charge >= 0.3 is 0 Å². The van der Waals surface area contributed by atoms with Crippen molar-refractivity contribution in [1.29, 1.82) is 0 Å². The first kappa shape index (κ1) is 16.5. The van der Waals surface area contributed by atoms with Crippen molar-refractivity contribution in [2.24, 2.45) is 0 Å². The monoisotopic (exact) mass is 346 g/mol. The van der Waals surface area contributed by atoms with Crippen molar-refractivity contribution >= 4 is 5.91 Å². The summed E-state index contributed by atoms with van der Waals surface area (Å²) in [6.45, 7) is 3.75. The van der Waals surface area contributed by atoms with E-state index in [9.17, 15) is 4.79 Å². The second-order valence-electron chi connectivity index (χ2n) is 7.03. The van der Waals surface area contributed by atoms with Gasteiger partial charge in [-0.15, -0.1) is 0 Å². The zero-order valence-corrected chi connectivity index (χ0v) is 15.0. The van der Waals surface area contributed by atoms with E-state index in [1.807, 2.05) is 24.0 Å². The highest BCUT2D eigenvalue weighted by Gasteiger charge is 2.51. The molecule has 1 aromatic carbocycles. The summed E-state index contributed by atoms with van der Waals surface area (Å²) < 4.78 is 17.0. The molecule has 1 N–H and O–H groups in total. The van der Waals surface area contributed by atoms with E-state index in [2.05, 4.69) is 5.32 Å².